The van der Waals surface area contributed by atoms with Crippen LogP contribution in [0.4, 0.5) is 5.69 Å². The molecule has 0 saturated carbocycles. The summed E-state index contributed by atoms with van der Waals surface area (Å²) in [7, 11) is 0. The molecule has 0 saturated heterocycles. The number of nitrogen functional groups attached to an aromatic ring is 1. The summed E-state index contributed by atoms with van der Waals surface area (Å²) in [6, 6.07) is 6.48. The van der Waals surface area contributed by atoms with Gasteiger partial charge in [-0.2, -0.15) is 5.26 Å². The highest BCUT2D eigenvalue weighted by molar-refractivity contribution is 5.62. The molecule has 0 fully saturated rings. The van der Waals surface area contributed by atoms with Gasteiger partial charge < -0.3 is 15.6 Å². The van der Waals surface area contributed by atoms with E-state index in [4.69, 9.17) is 15.7 Å². The zero-order valence-corrected chi connectivity index (χ0v) is 8.66. The number of rotatable bonds is 2. The number of aromatic hydroxyl groups is 1. The molecule has 0 aliphatic heterocycles. The molecule has 1 aromatic carbocycles. The number of benzene rings is 1. The fraction of sp³-hybridized carbons (Fsp3) is 0. The lowest BCUT2D eigenvalue weighted by Gasteiger charge is -2.07. The number of nitrogens with two attached hydrogens (primary N) is 1. The third-order valence-corrected chi connectivity index (χ3v) is 2.00. The van der Waals surface area contributed by atoms with Gasteiger partial charge in [-0.25, -0.2) is 9.97 Å². The molecular weight excluding hydrogens is 220 g/mol. The van der Waals surface area contributed by atoms with Crippen molar-refractivity contribution < 1.29 is 9.84 Å². The first-order valence-electron chi connectivity index (χ1n) is 4.68. The van der Waals surface area contributed by atoms with Crippen LogP contribution < -0.4 is 10.5 Å². The van der Waals surface area contributed by atoms with E-state index < -0.39 is 0 Å². The molecule has 0 aliphatic carbocycles. The Labute approximate surface area is 96.9 Å². The van der Waals surface area contributed by atoms with Gasteiger partial charge in [-0.15, -0.1) is 0 Å². The number of para-hydroxylation sites is 1. The quantitative estimate of drug-likeness (QED) is 0.595. The Morgan fingerprint density at radius 1 is 1.29 bits per heavy atom. The zero-order valence-electron chi connectivity index (χ0n) is 8.66. The Kier molecular flexibility index (Phi) is 2.75. The van der Waals surface area contributed by atoms with E-state index in [-0.39, 0.29) is 28.8 Å². The van der Waals surface area contributed by atoms with Gasteiger partial charge in [0.15, 0.2) is 11.4 Å². The van der Waals surface area contributed by atoms with E-state index in [1.54, 1.807) is 12.1 Å². The largest absolute Gasteiger partial charge is 0.506 e. The summed E-state index contributed by atoms with van der Waals surface area (Å²) >= 11 is 0. The second-order valence-electron chi connectivity index (χ2n) is 3.14. The van der Waals surface area contributed by atoms with Gasteiger partial charge in [0.2, 0.25) is 5.88 Å². The molecule has 3 N–H and O–H groups in total. The van der Waals surface area contributed by atoms with E-state index in [9.17, 15) is 5.11 Å². The minimum Gasteiger partial charge on any atom is -0.506 e. The highest BCUT2D eigenvalue weighted by atomic mass is 16.5. The van der Waals surface area contributed by atoms with Gasteiger partial charge in [0.25, 0.3) is 0 Å². The number of nitriles is 1. The number of phenolic OH excluding ortho intramolecular Hbond substituents is 1. The summed E-state index contributed by atoms with van der Waals surface area (Å²) in [5.41, 5.74) is 5.93. The van der Waals surface area contributed by atoms with Crippen LogP contribution in [0.15, 0.2) is 30.6 Å². The van der Waals surface area contributed by atoms with Crippen molar-refractivity contribution in [1.82, 2.24) is 9.97 Å². The SMILES string of the molecule is N#Cc1cnc(Oc2cccc(O)c2N)cn1. The van der Waals surface area contributed by atoms with Gasteiger partial charge in [0.05, 0.1) is 12.4 Å². The number of aromatic nitrogens is 2. The van der Waals surface area contributed by atoms with Crippen LogP contribution in [0.3, 0.4) is 0 Å². The van der Waals surface area contributed by atoms with Crippen molar-refractivity contribution in [2.75, 3.05) is 5.73 Å². The lowest BCUT2D eigenvalue weighted by Crippen LogP contribution is -1.95. The van der Waals surface area contributed by atoms with Gasteiger partial charge in [-0.05, 0) is 12.1 Å². The summed E-state index contributed by atoms with van der Waals surface area (Å²) in [6.45, 7) is 0. The maximum Gasteiger partial charge on any atom is 0.238 e. The molecule has 0 amide bonds. The van der Waals surface area contributed by atoms with Gasteiger partial charge in [0, 0.05) is 0 Å². The van der Waals surface area contributed by atoms with E-state index in [0.717, 1.165) is 0 Å². The fourth-order valence-electron chi connectivity index (χ4n) is 1.16. The van der Waals surface area contributed by atoms with E-state index in [2.05, 4.69) is 9.97 Å². The third-order valence-electron chi connectivity index (χ3n) is 2.00. The lowest BCUT2D eigenvalue weighted by atomic mass is 10.3. The molecule has 0 spiro atoms. The minimum absolute atomic E-state index is 0.0656. The standard InChI is InChI=1S/C11H8N4O2/c12-4-7-5-15-10(6-14-7)17-9-3-1-2-8(16)11(9)13/h1-3,5-6,16H,13H2. The molecular formula is C11H8N4O2. The molecule has 0 aliphatic rings. The molecule has 0 atom stereocenters. The van der Waals surface area contributed by atoms with Crippen molar-refractivity contribution in [3.05, 3.63) is 36.3 Å². The average Bonchev–Trinajstić information content (AvgIpc) is 2.36. The van der Waals surface area contributed by atoms with E-state index >= 15 is 0 Å². The first-order chi connectivity index (χ1) is 8.20. The Bertz CT molecular complexity index is 575. The van der Waals surface area contributed by atoms with Crippen LogP contribution in [-0.4, -0.2) is 15.1 Å². The molecule has 2 aromatic rings. The van der Waals surface area contributed by atoms with Crippen LogP contribution in [0.25, 0.3) is 0 Å². The number of nitrogens with zero attached hydrogens (tertiary/aromatic N) is 3. The van der Waals surface area contributed by atoms with Crippen molar-refractivity contribution in [3.8, 4) is 23.4 Å². The monoisotopic (exact) mass is 228 g/mol. The van der Waals surface area contributed by atoms with Crippen LogP contribution in [0.5, 0.6) is 17.4 Å². The normalized spacial score (nSPS) is 9.59. The Morgan fingerprint density at radius 2 is 2.12 bits per heavy atom. The maximum atomic E-state index is 9.38. The summed E-state index contributed by atoms with van der Waals surface area (Å²) in [4.78, 5) is 7.66. The third kappa shape index (κ3) is 2.23. The lowest BCUT2D eigenvalue weighted by molar-refractivity contribution is 0.448. The summed E-state index contributed by atoms with van der Waals surface area (Å²) in [5.74, 6) is 0.411. The van der Waals surface area contributed by atoms with Crippen molar-refractivity contribution >= 4 is 5.69 Å². The Hall–Kier alpha value is -2.81. The predicted molar refractivity (Wildman–Crippen MR) is 59.3 cm³/mol. The molecule has 0 radical (unpaired) electrons. The average molecular weight is 228 g/mol. The Morgan fingerprint density at radius 3 is 2.76 bits per heavy atom. The summed E-state index contributed by atoms with van der Waals surface area (Å²) in [5, 5.41) is 17.9. The van der Waals surface area contributed by atoms with Crippen LogP contribution in [-0.2, 0) is 0 Å². The van der Waals surface area contributed by atoms with Crippen LogP contribution in [0.2, 0.25) is 0 Å². The van der Waals surface area contributed by atoms with Crippen molar-refractivity contribution in [2.24, 2.45) is 0 Å². The van der Waals surface area contributed by atoms with Crippen LogP contribution >= 0.6 is 0 Å². The number of anilines is 1. The van der Waals surface area contributed by atoms with Gasteiger partial charge in [-0.3, -0.25) is 0 Å². The van der Waals surface area contributed by atoms with Gasteiger partial charge in [-0.1, -0.05) is 6.07 Å². The minimum atomic E-state index is -0.0656. The van der Waals surface area contributed by atoms with Crippen molar-refractivity contribution in [2.45, 2.75) is 0 Å². The second kappa shape index (κ2) is 4.37. The van der Waals surface area contributed by atoms with Gasteiger partial charge >= 0.3 is 0 Å². The number of hydrogen-bond donors (Lipinski definition) is 2. The molecule has 17 heavy (non-hydrogen) atoms. The topological polar surface area (TPSA) is 105 Å². The molecule has 2 rings (SSSR count). The molecule has 0 unspecified atom stereocenters. The summed E-state index contributed by atoms with van der Waals surface area (Å²) in [6.07, 6.45) is 2.59. The predicted octanol–water partition coefficient (Wildman–Crippen LogP) is 1.43. The number of phenols is 1. The van der Waals surface area contributed by atoms with Crippen LogP contribution in [0.1, 0.15) is 5.69 Å². The summed E-state index contributed by atoms with van der Waals surface area (Å²) < 4.78 is 5.32. The molecule has 6 heteroatoms. The highest BCUT2D eigenvalue weighted by Crippen LogP contribution is 2.32. The van der Waals surface area contributed by atoms with Crippen molar-refractivity contribution in [3.63, 3.8) is 0 Å². The van der Waals surface area contributed by atoms with Crippen LogP contribution in [0, 0.1) is 11.3 Å². The number of ether oxygens (including phenoxy) is 1. The van der Waals surface area contributed by atoms with Crippen molar-refractivity contribution in [1.29, 1.82) is 5.26 Å². The van der Waals surface area contributed by atoms with E-state index in [0.29, 0.717) is 0 Å². The number of hydrogen-bond acceptors (Lipinski definition) is 6. The van der Waals surface area contributed by atoms with Gasteiger partial charge in [0.1, 0.15) is 17.5 Å². The fourth-order valence-corrected chi connectivity index (χ4v) is 1.16. The molecule has 1 aromatic heterocycles. The zero-order chi connectivity index (χ0) is 12.3. The first-order valence-corrected chi connectivity index (χ1v) is 4.68. The molecule has 1 heterocycles. The van der Waals surface area contributed by atoms with E-state index in [1.807, 2.05) is 6.07 Å². The molecule has 84 valence electrons. The van der Waals surface area contributed by atoms with E-state index in [1.165, 1.54) is 18.5 Å². The molecule has 0 bridgehead atoms. The maximum absolute atomic E-state index is 9.38. The molecule has 6 nitrogen and oxygen atoms in total. The smallest absolute Gasteiger partial charge is 0.238 e. The highest BCUT2D eigenvalue weighted by Gasteiger charge is 2.06. The second-order valence-corrected chi connectivity index (χ2v) is 3.14. The first kappa shape index (κ1) is 10.7. The Balaban J connectivity index is 2.26.